The number of amides is 1. The van der Waals surface area contributed by atoms with Gasteiger partial charge in [-0.2, -0.15) is 0 Å². The first-order chi connectivity index (χ1) is 6.68. The Morgan fingerprint density at radius 1 is 1.50 bits per heavy atom. The zero-order valence-electron chi connectivity index (χ0n) is 8.25. The van der Waals surface area contributed by atoms with E-state index in [4.69, 9.17) is 5.73 Å². The molecule has 0 unspecified atom stereocenters. The number of rotatable bonds is 1. The maximum Gasteiger partial charge on any atom is 0.264 e. The van der Waals surface area contributed by atoms with E-state index >= 15 is 0 Å². The summed E-state index contributed by atoms with van der Waals surface area (Å²) in [6.45, 7) is 3.74. The van der Waals surface area contributed by atoms with Gasteiger partial charge in [-0.1, -0.05) is 0 Å². The normalized spacial score (nSPS) is 16.2. The number of carbonyl (C=O) groups is 1. The minimum absolute atomic E-state index is 0.146. The number of thiophene rings is 1. The van der Waals surface area contributed by atoms with E-state index in [2.05, 4.69) is 0 Å². The lowest BCUT2D eigenvalue weighted by Crippen LogP contribution is -2.26. The van der Waals surface area contributed by atoms with Crippen molar-refractivity contribution in [1.82, 2.24) is 4.90 Å². The third-order valence-electron chi connectivity index (χ3n) is 2.56. The fourth-order valence-corrected chi connectivity index (χ4v) is 2.59. The fraction of sp³-hybridized carbons (Fsp3) is 0.500. The van der Waals surface area contributed by atoms with Gasteiger partial charge < -0.3 is 10.6 Å². The van der Waals surface area contributed by atoms with Crippen LogP contribution >= 0.6 is 11.3 Å². The van der Waals surface area contributed by atoms with Crippen LogP contribution in [0, 0.1) is 6.92 Å². The van der Waals surface area contributed by atoms with E-state index in [1.165, 1.54) is 11.3 Å². The smallest absolute Gasteiger partial charge is 0.264 e. The van der Waals surface area contributed by atoms with E-state index in [1.54, 1.807) is 6.07 Å². The van der Waals surface area contributed by atoms with Crippen LogP contribution in [-0.2, 0) is 0 Å². The molecule has 2 N–H and O–H groups in total. The van der Waals surface area contributed by atoms with Crippen molar-refractivity contribution >= 4 is 22.9 Å². The Morgan fingerprint density at radius 3 is 2.64 bits per heavy atom. The fourth-order valence-electron chi connectivity index (χ4n) is 1.68. The molecular weight excluding hydrogens is 196 g/mol. The molecule has 1 amide bonds. The first kappa shape index (κ1) is 9.52. The molecule has 0 spiro atoms. The molecule has 0 aromatic carbocycles. The lowest BCUT2D eigenvalue weighted by molar-refractivity contribution is 0.0797. The molecule has 1 saturated heterocycles. The first-order valence-electron chi connectivity index (χ1n) is 4.83. The van der Waals surface area contributed by atoms with Crippen molar-refractivity contribution in [3.63, 3.8) is 0 Å². The largest absolute Gasteiger partial charge is 0.398 e. The lowest BCUT2D eigenvalue weighted by Gasteiger charge is -2.13. The highest BCUT2D eigenvalue weighted by atomic mass is 32.1. The average molecular weight is 210 g/mol. The zero-order chi connectivity index (χ0) is 10.1. The summed E-state index contributed by atoms with van der Waals surface area (Å²) < 4.78 is 0. The summed E-state index contributed by atoms with van der Waals surface area (Å²) in [4.78, 5) is 15.6. The number of nitrogens with two attached hydrogens (primary N) is 1. The van der Waals surface area contributed by atoms with Gasteiger partial charge in [-0.3, -0.25) is 4.79 Å². The monoisotopic (exact) mass is 210 g/mol. The van der Waals surface area contributed by atoms with Crippen LogP contribution < -0.4 is 5.73 Å². The Labute approximate surface area is 87.5 Å². The van der Waals surface area contributed by atoms with Crippen LogP contribution in [0.4, 0.5) is 5.69 Å². The molecule has 14 heavy (non-hydrogen) atoms. The summed E-state index contributed by atoms with van der Waals surface area (Å²) in [5, 5.41) is 0. The van der Waals surface area contributed by atoms with Gasteiger partial charge in [-0.05, 0) is 25.8 Å². The average Bonchev–Trinajstić information content (AvgIpc) is 2.76. The van der Waals surface area contributed by atoms with Gasteiger partial charge in [0.2, 0.25) is 0 Å². The van der Waals surface area contributed by atoms with Gasteiger partial charge in [-0.25, -0.2) is 0 Å². The van der Waals surface area contributed by atoms with Crippen molar-refractivity contribution < 1.29 is 4.79 Å². The molecule has 1 aromatic rings. The summed E-state index contributed by atoms with van der Waals surface area (Å²) in [6, 6.07) is 1.79. The molecule has 4 heteroatoms. The van der Waals surface area contributed by atoms with Gasteiger partial charge in [0, 0.05) is 23.7 Å². The van der Waals surface area contributed by atoms with Crippen molar-refractivity contribution in [1.29, 1.82) is 0 Å². The molecule has 1 aliphatic heterocycles. The number of anilines is 1. The number of carbonyl (C=O) groups excluding carboxylic acids is 1. The van der Waals surface area contributed by atoms with Crippen LogP contribution in [0.3, 0.4) is 0 Å². The highest BCUT2D eigenvalue weighted by Gasteiger charge is 2.21. The van der Waals surface area contributed by atoms with Crippen LogP contribution in [0.15, 0.2) is 6.07 Å². The highest BCUT2D eigenvalue weighted by molar-refractivity contribution is 7.14. The molecule has 2 heterocycles. The Bertz CT molecular complexity index is 334. The molecule has 0 radical (unpaired) electrons. The predicted molar refractivity (Wildman–Crippen MR) is 58.6 cm³/mol. The van der Waals surface area contributed by atoms with E-state index in [0.717, 1.165) is 41.4 Å². The minimum atomic E-state index is 0.146. The van der Waals surface area contributed by atoms with Crippen LogP contribution in [-0.4, -0.2) is 23.9 Å². The highest BCUT2D eigenvalue weighted by Crippen LogP contribution is 2.25. The van der Waals surface area contributed by atoms with Crippen molar-refractivity contribution in [2.45, 2.75) is 19.8 Å². The number of hydrogen-bond acceptors (Lipinski definition) is 3. The van der Waals surface area contributed by atoms with Gasteiger partial charge in [0.05, 0.1) is 4.88 Å². The second-order valence-electron chi connectivity index (χ2n) is 3.62. The lowest BCUT2D eigenvalue weighted by atomic mass is 10.3. The molecule has 0 bridgehead atoms. The van der Waals surface area contributed by atoms with Crippen LogP contribution in [0.1, 0.15) is 27.4 Å². The minimum Gasteiger partial charge on any atom is -0.398 e. The second-order valence-corrected chi connectivity index (χ2v) is 4.88. The van der Waals surface area contributed by atoms with Crippen molar-refractivity contribution in [2.24, 2.45) is 0 Å². The molecule has 1 aliphatic rings. The number of aryl methyl sites for hydroxylation is 1. The molecule has 1 fully saturated rings. The number of nitrogens with zero attached hydrogens (tertiary/aromatic N) is 1. The topological polar surface area (TPSA) is 46.3 Å². The van der Waals surface area contributed by atoms with Crippen molar-refractivity contribution in [3.05, 3.63) is 15.8 Å². The molecule has 2 rings (SSSR count). The molecule has 0 atom stereocenters. The molecule has 0 saturated carbocycles. The summed E-state index contributed by atoms with van der Waals surface area (Å²) in [5.41, 5.74) is 6.45. The second kappa shape index (κ2) is 3.61. The van der Waals surface area contributed by atoms with E-state index in [0.29, 0.717) is 0 Å². The molecule has 1 aromatic heterocycles. The van der Waals surface area contributed by atoms with Crippen LogP contribution in [0.2, 0.25) is 0 Å². The van der Waals surface area contributed by atoms with Gasteiger partial charge in [0.1, 0.15) is 0 Å². The summed E-state index contributed by atoms with van der Waals surface area (Å²) in [7, 11) is 0. The zero-order valence-corrected chi connectivity index (χ0v) is 9.06. The van der Waals surface area contributed by atoms with Crippen molar-refractivity contribution in [3.8, 4) is 0 Å². The summed E-state index contributed by atoms with van der Waals surface area (Å²) in [5.74, 6) is 0.146. The van der Waals surface area contributed by atoms with E-state index in [-0.39, 0.29) is 5.91 Å². The van der Waals surface area contributed by atoms with E-state index in [9.17, 15) is 4.79 Å². The van der Waals surface area contributed by atoms with Gasteiger partial charge in [-0.15, -0.1) is 11.3 Å². The van der Waals surface area contributed by atoms with Gasteiger partial charge in [0.15, 0.2) is 0 Å². The molecular formula is C10H14N2OS. The quantitative estimate of drug-likeness (QED) is 0.769. The van der Waals surface area contributed by atoms with E-state index in [1.807, 2.05) is 11.8 Å². The van der Waals surface area contributed by atoms with Crippen molar-refractivity contribution in [2.75, 3.05) is 18.8 Å². The summed E-state index contributed by atoms with van der Waals surface area (Å²) >= 11 is 1.49. The van der Waals surface area contributed by atoms with Gasteiger partial charge in [0.25, 0.3) is 5.91 Å². The molecule has 76 valence electrons. The first-order valence-corrected chi connectivity index (χ1v) is 5.65. The number of nitrogen functional groups attached to an aromatic ring is 1. The Kier molecular flexibility index (Phi) is 2.46. The van der Waals surface area contributed by atoms with E-state index < -0.39 is 0 Å². The third-order valence-corrected chi connectivity index (χ3v) is 3.61. The number of likely N-dealkylation sites (tertiary alicyclic amines) is 1. The maximum atomic E-state index is 11.9. The molecule has 3 nitrogen and oxygen atoms in total. The Morgan fingerprint density at radius 2 is 2.14 bits per heavy atom. The third kappa shape index (κ3) is 1.62. The Hall–Kier alpha value is -1.03. The van der Waals surface area contributed by atoms with Crippen LogP contribution in [0.5, 0.6) is 0 Å². The predicted octanol–water partition coefficient (Wildman–Crippen LogP) is 1.87. The standard InChI is InChI=1S/C10H14N2OS/c1-7-8(11)6-9(14-7)10(13)12-4-2-3-5-12/h6H,2-5,11H2,1H3. The van der Waals surface area contributed by atoms with Gasteiger partial charge >= 0.3 is 0 Å². The number of hydrogen-bond donors (Lipinski definition) is 1. The summed E-state index contributed by atoms with van der Waals surface area (Å²) in [6.07, 6.45) is 2.26. The maximum absolute atomic E-state index is 11.9. The SMILES string of the molecule is Cc1sc(C(=O)N2CCCC2)cc1N. The molecule has 0 aliphatic carbocycles. The van der Waals surface area contributed by atoms with Crippen LogP contribution in [0.25, 0.3) is 0 Å². The Balaban J connectivity index is 2.18.